The summed E-state index contributed by atoms with van der Waals surface area (Å²) < 4.78 is 17.8. The SMILES string of the molecule is COc1cc2c(cc1OCCCN1CCCC1)[nH]c1ccnc(N3CCCC34CCOC4)c12. The summed E-state index contributed by atoms with van der Waals surface area (Å²) in [4.78, 5) is 13.5. The summed E-state index contributed by atoms with van der Waals surface area (Å²) in [7, 11) is 1.72. The average molecular weight is 451 g/mol. The maximum atomic E-state index is 6.18. The molecule has 6 rings (SSSR count). The molecule has 1 unspecified atom stereocenters. The van der Waals surface area contributed by atoms with Gasteiger partial charge in [0.05, 0.1) is 42.3 Å². The Morgan fingerprint density at radius 1 is 1.09 bits per heavy atom. The maximum Gasteiger partial charge on any atom is 0.163 e. The number of pyridine rings is 1. The van der Waals surface area contributed by atoms with Crippen LogP contribution in [0.4, 0.5) is 5.82 Å². The minimum atomic E-state index is 0.0906. The number of nitrogens with one attached hydrogen (secondary N) is 1. The van der Waals surface area contributed by atoms with Gasteiger partial charge in [0.2, 0.25) is 0 Å². The number of aromatic amines is 1. The highest BCUT2D eigenvalue weighted by Gasteiger charge is 2.45. The molecule has 3 saturated heterocycles. The second kappa shape index (κ2) is 8.69. The van der Waals surface area contributed by atoms with Crippen LogP contribution in [0.2, 0.25) is 0 Å². The number of rotatable bonds is 7. The number of ether oxygens (including phenoxy) is 3. The van der Waals surface area contributed by atoms with E-state index >= 15 is 0 Å². The number of fused-ring (bicyclic) bond motifs is 3. The number of hydrogen-bond acceptors (Lipinski definition) is 6. The minimum Gasteiger partial charge on any atom is -0.493 e. The molecule has 5 heterocycles. The van der Waals surface area contributed by atoms with Gasteiger partial charge >= 0.3 is 0 Å². The van der Waals surface area contributed by atoms with Crippen LogP contribution in [0.1, 0.15) is 38.5 Å². The fourth-order valence-electron chi connectivity index (χ4n) is 6.06. The normalized spacial score (nSPS) is 23.5. The number of aromatic nitrogens is 2. The molecule has 3 aromatic rings. The van der Waals surface area contributed by atoms with Crippen molar-refractivity contribution in [2.24, 2.45) is 0 Å². The van der Waals surface area contributed by atoms with E-state index in [0.717, 1.165) is 72.9 Å². The molecular formula is C26H34N4O3. The third kappa shape index (κ3) is 3.71. The number of nitrogens with zero attached hydrogens (tertiary/aromatic N) is 3. The Morgan fingerprint density at radius 2 is 2.00 bits per heavy atom. The van der Waals surface area contributed by atoms with Crippen molar-refractivity contribution in [2.75, 3.05) is 58.0 Å². The van der Waals surface area contributed by atoms with Crippen molar-refractivity contribution < 1.29 is 14.2 Å². The van der Waals surface area contributed by atoms with Gasteiger partial charge < -0.3 is 29.0 Å². The molecule has 3 aliphatic heterocycles. The molecule has 33 heavy (non-hydrogen) atoms. The largest absolute Gasteiger partial charge is 0.493 e. The molecule has 0 saturated carbocycles. The van der Waals surface area contributed by atoms with E-state index in [1.807, 2.05) is 6.20 Å². The fraction of sp³-hybridized carbons (Fsp3) is 0.577. The van der Waals surface area contributed by atoms with Crippen molar-refractivity contribution in [1.82, 2.24) is 14.9 Å². The second-order valence-electron chi connectivity index (χ2n) is 9.76. The Kier molecular flexibility index (Phi) is 5.54. The van der Waals surface area contributed by atoms with Crippen molar-refractivity contribution in [1.29, 1.82) is 0 Å². The van der Waals surface area contributed by atoms with Crippen LogP contribution in [0.5, 0.6) is 11.5 Å². The van der Waals surface area contributed by atoms with Crippen LogP contribution in [-0.2, 0) is 4.74 Å². The van der Waals surface area contributed by atoms with Gasteiger partial charge in [-0.3, -0.25) is 0 Å². The van der Waals surface area contributed by atoms with E-state index in [0.29, 0.717) is 6.61 Å². The zero-order valence-corrected chi connectivity index (χ0v) is 19.6. The van der Waals surface area contributed by atoms with Crippen LogP contribution in [0, 0.1) is 0 Å². The number of anilines is 1. The number of benzene rings is 1. The first-order valence-corrected chi connectivity index (χ1v) is 12.5. The third-order valence-corrected chi connectivity index (χ3v) is 7.78. The van der Waals surface area contributed by atoms with Gasteiger partial charge in [0.1, 0.15) is 5.82 Å². The highest BCUT2D eigenvalue weighted by Crippen LogP contribution is 2.44. The van der Waals surface area contributed by atoms with Crippen molar-refractivity contribution in [3.8, 4) is 11.5 Å². The first-order chi connectivity index (χ1) is 16.3. The Balaban J connectivity index is 1.31. The first-order valence-electron chi connectivity index (χ1n) is 12.5. The van der Waals surface area contributed by atoms with Gasteiger partial charge in [-0.25, -0.2) is 4.98 Å². The molecule has 7 nitrogen and oxygen atoms in total. The summed E-state index contributed by atoms with van der Waals surface area (Å²) in [5.41, 5.74) is 2.25. The fourth-order valence-corrected chi connectivity index (χ4v) is 6.06. The van der Waals surface area contributed by atoms with E-state index in [-0.39, 0.29) is 5.54 Å². The zero-order chi connectivity index (χ0) is 22.3. The van der Waals surface area contributed by atoms with E-state index in [2.05, 4.69) is 33.0 Å². The smallest absolute Gasteiger partial charge is 0.163 e. The van der Waals surface area contributed by atoms with Crippen molar-refractivity contribution >= 4 is 27.6 Å². The van der Waals surface area contributed by atoms with Gasteiger partial charge in [-0.05, 0) is 63.7 Å². The molecule has 1 aromatic carbocycles. The minimum absolute atomic E-state index is 0.0906. The lowest BCUT2D eigenvalue weighted by molar-refractivity contribution is 0.178. The molecule has 0 bridgehead atoms. The van der Waals surface area contributed by atoms with Crippen LogP contribution in [0.3, 0.4) is 0 Å². The highest BCUT2D eigenvalue weighted by molar-refractivity contribution is 6.13. The van der Waals surface area contributed by atoms with E-state index < -0.39 is 0 Å². The molecule has 7 heteroatoms. The van der Waals surface area contributed by atoms with Crippen LogP contribution in [-0.4, -0.2) is 73.5 Å². The molecule has 3 fully saturated rings. The summed E-state index contributed by atoms with van der Waals surface area (Å²) >= 11 is 0. The lowest BCUT2D eigenvalue weighted by Gasteiger charge is -2.35. The quantitative estimate of drug-likeness (QED) is 0.540. The van der Waals surface area contributed by atoms with Gasteiger partial charge in [-0.15, -0.1) is 0 Å². The Labute approximate surface area is 195 Å². The van der Waals surface area contributed by atoms with E-state index in [4.69, 9.17) is 19.2 Å². The molecule has 1 atom stereocenters. The van der Waals surface area contributed by atoms with E-state index in [1.54, 1.807) is 7.11 Å². The van der Waals surface area contributed by atoms with Crippen LogP contribution in [0.15, 0.2) is 24.4 Å². The molecule has 0 amide bonds. The number of methoxy groups -OCH3 is 1. The second-order valence-corrected chi connectivity index (χ2v) is 9.76. The van der Waals surface area contributed by atoms with Crippen molar-refractivity contribution in [3.63, 3.8) is 0 Å². The predicted octanol–water partition coefficient (Wildman–Crippen LogP) is 4.35. The number of H-pyrrole nitrogens is 1. The summed E-state index contributed by atoms with van der Waals surface area (Å²) in [6.45, 7) is 6.92. The Hall–Kier alpha value is -2.51. The van der Waals surface area contributed by atoms with Crippen molar-refractivity contribution in [3.05, 3.63) is 24.4 Å². The van der Waals surface area contributed by atoms with Gasteiger partial charge in [0.25, 0.3) is 0 Å². The topological polar surface area (TPSA) is 62.9 Å². The third-order valence-electron chi connectivity index (χ3n) is 7.78. The monoisotopic (exact) mass is 450 g/mol. The summed E-state index contributed by atoms with van der Waals surface area (Å²) in [6, 6.07) is 6.27. The van der Waals surface area contributed by atoms with Crippen molar-refractivity contribution in [2.45, 2.75) is 44.1 Å². The molecule has 0 aliphatic carbocycles. The van der Waals surface area contributed by atoms with Gasteiger partial charge in [0, 0.05) is 37.3 Å². The molecular weight excluding hydrogens is 416 g/mol. The standard InChI is InChI=1S/C26H34N4O3/c1-31-22-16-19-21(17-23(22)33-14-5-12-29-10-2-3-11-29)28-20-6-9-27-25(24(19)20)30-13-4-7-26(30)8-15-32-18-26/h6,9,16-17,28H,2-5,7-8,10-15,18H2,1H3. The summed E-state index contributed by atoms with van der Waals surface area (Å²) in [5, 5.41) is 2.30. The van der Waals surface area contributed by atoms with E-state index in [1.165, 1.54) is 44.2 Å². The Morgan fingerprint density at radius 3 is 2.82 bits per heavy atom. The highest BCUT2D eigenvalue weighted by atomic mass is 16.5. The lowest BCUT2D eigenvalue weighted by Crippen LogP contribution is -2.45. The van der Waals surface area contributed by atoms with E-state index in [9.17, 15) is 0 Å². The molecule has 3 aliphatic rings. The zero-order valence-electron chi connectivity index (χ0n) is 19.6. The maximum absolute atomic E-state index is 6.18. The van der Waals surface area contributed by atoms with Crippen LogP contribution in [0.25, 0.3) is 21.8 Å². The summed E-state index contributed by atoms with van der Waals surface area (Å²) in [6.07, 6.45) is 9.03. The molecule has 1 N–H and O–H groups in total. The average Bonchev–Trinajstić information content (AvgIpc) is 3.64. The number of likely N-dealkylation sites (tertiary alicyclic amines) is 1. The predicted molar refractivity (Wildman–Crippen MR) is 131 cm³/mol. The van der Waals surface area contributed by atoms with Gasteiger partial charge in [0.15, 0.2) is 11.5 Å². The molecule has 1 spiro atoms. The molecule has 2 aromatic heterocycles. The molecule has 0 radical (unpaired) electrons. The van der Waals surface area contributed by atoms with Crippen LogP contribution < -0.4 is 14.4 Å². The molecule has 176 valence electrons. The van der Waals surface area contributed by atoms with Crippen LogP contribution >= 0.6 is 0 Å². The first kappa shape index (κ1) is 21.1. The summed E-state index contributed by atoms with van der Waals surface area (Å²) in [5.74, 6) is 2.64. The van der Waals surface area contributed by atoms with Gasteiger partial charge in [-0.2, -0.15) is 0 Å². The number of hydrogen-bond donors (Lipinski definition) is 1. The lowest BCUT2D eigenvalue weighted by atomic mass is 9.95. The Bertz CT molecular complexity index is 1130. The van der Waals surface area contributed by atoms with Gasteiger partial charge in [-0.1, -0.05) is 0 Å².